The van der Waals surface area contributed by atoms with Crippen LogP contribution in [-0.4, -0.2) is 60.3 Å². The largest absolute Gasteiger partial charge is 0.484 e. The summed E-state index contributed by atoms with van der Waals surface area (Å²) in [5, 5.41) is 0. The molecule has 5 nitrogen and oxygen atoms in total. The molecule has 0 bridgehead atoms. The van der Waals surface area contributed by atoms with Crippen molar-refractivity contribution in [3.8, 4) is 5.75 Å². The van der Waals surface area contributed by atoms with Crippen LogP contribution in [0.5, 0.6) is 5.75 Å². The van der Waals surface area contributed by atoms with Crippen LogP contribution >= 0.6 is 0 Å². The second-order valence-electron chi connectivity index (χ2n) is 8.30. The fourth-order valence-electron chi connectivity index (χ4n) is 4.33. The third kappa shape index (κ3) is 3.17. The Morgan fingerprint density at radius 2 is 1.70 bits per heavy atom. The molecule has 1 aromatic rings. The van der Waals surface area contributed by atoms with E-state index in [1.54, 1.807) is 21.9 Å². The van der Waals surface area contributed by atoms with Gasteiger partial charge in [0.15, 0.2) is 6.61 Å². The molecule has 1 aliphatic carbocycles. The van der Waals surface area contributed by atoms with E-state index in [4.69, 9.17) is 4.74 Å². The highest BCUT2D eigenvalue weighted by atomic mass is 19.3. The quantitative estimate of drug-likeness (QED) is 0.791. The number of benzene rings is 1. The van der Waals surface area contributed by atoms with Crippen LogP contribution in [0.25, 0.3) is 0 Å². The van der Waals surface area contributed by atoms with E-state index in [2.05, 4.69) is 0 Å². The molecule has 146 valence electrons. The van der Waals surface area contributed by atoms with Gasteiger partial charge < -0.3 is 14.5 Å². The first kappa shape index (κ1) is 18.2. The maximum absolute atomic E-state index is 13.8. The van der Waals surface area contributed by atoms with Crippen LogP contribution in [0.4, 0.5) is 8.78 Å². The number of carbonyl (C=O) groups is 2. The van der Waals surface area contributed by atoms with E-state index in [0.29, 0.717) is 31.9 Å². The molecule has 2 heterocycles. The van der Waals surface area contributed by atoms with E-state index >= 15 is 0 Å². The Kier molecular flexibility index (Phi) is 4.16. The van der Waals surface area contributed by atoms with Gasteiger partial charge in [-0.2, -0.15) is 0 Å². The number of amides is 2. The summed E-state index contributed by atoms with van der Waals surface area (Å²) in [7, 11) is 0. The van der Waals surface area contributed by atoms with Crippen molar-refractivity contribution in [3.63, 3.8) is 0 Å². The zero-order chi connectivity index (χ0) is 19.3. The molecule has 2 amide bonds. The molecule has 2 aliphatic heterocycles. The summed E-state index contributed by atoms with van der Waals surface area (Å²) < 4.78 is 33.2. The molecule has 1 aromatic carbocycles. The molecule has 4 rings (SSSR count). The number of ether oxygens (including phenoxy) is 1. The second-order valence-corrected chi connectivity index (χ2v) is 8.30. The Hall–Kier alpha value is -2.18. The summed E-state index contributed by atoms with van der Waals surface area (Å²) in [5.41, 5.74) is -1.63. The van der Waals surface area contributed by atoms with Crippen LogP contribution in [-0.2, 0) is 9.59 Å². The van der Waals surface area contributed by atoms with E-state index in [0.717, 1.165) is 13.3 Å². The zero-order valence-electron chi connectivity index (χ0n) is 15.4. The first-order valence-corrected chi connectivity index (χ1v) is 9.38. The summed E-state index contributed by atoms with van der Waals surface area (Å²) in [6, 6.07) is 9.15. The molecule has 0 aromatic heterocycles. The lowest BCUT2D eigenvalue weighted by atomic mass is 9.79. The van der Waals surface area contributed by atoms with Gasteiger partial charge in [-0.1, -0.05) is 18.2 Å². The van der Waals surface area contributed by atoms with Crippen LogP contribution in [0.1, 0.15) is 26.2 Å². The highest BCUT2D eigenvalue weighted by Crippen LogP contribution is 2.58. The molecule has 0 unspecified atom stereocenters. The molecule has 27 heavy (non-hydrogen) atoms. The molecule has 1 saturated carbocycles. The molecular formula is C20H24F2N2O3. The fourth-order valence-corrected chi connectivity index (χ4v) is 4.33. The van der Waals surface area contributed by atoms with Gasteiger partial charge in [0.05, 0.1) is 0 Å². The molecular weight excluding hydrogens is 354 g/mol. The number of likely N-dealkylation sites (tertiary alicyclic amines) is 2. The minimum atomic E-state index is -2.98. The van der Waals surface area contributed by atoms with Gasteiger partial charge in [-0.05, 0) is 31.4 Å². The number of alkyl halides is 2. The van der Waals surface area contributed by atoms with Crippen molar-refractivity contribution in [2.24, 2.45) is 10.8 Å². The van der Waals surface area contributed by atoms with E-state index in [-0.39, 0.29) is 30.8 Å². The molecule has 3 fully saturated rings. The Morgan fingerprint density at radius 3 is 2.30 bits per heavy atom. The lowest BCUT2D eigenvalue weighted by Gasteiger charge is -2.48. The SMILES string of the molecule is CC(F)(F)C1(C(=O)N2CCC3(CN(C(=O)COc4ccccc4)C3)C2)CC1. The lowest BCUT2D eigenvalue weighted by Crippen LogP contribution is -2.60. The normalized spacial score (nSPS) is 22.5. The van der Waals surface area contributed by atoms with Crippen LogP contribution in [0.3, 0.4) is 0 Å². The van der Waals surface area contributed by atoms with Crippen molar-refractivity contribution in [1.29, 1.82) is 0 Å². The van der Waals surface area contributed by atoms with Crippen molar-refractivity contribution >= 4 is 11.8 Å². The maximum atomic E-state index is 13.8. The Labute approximate surface area is 157 Å². The second kappa shape index (κ2) is 6.17. The van der Waals surface area contributed by atoms with Crippen LogP contribution < -0.4 is 4.74 Å². The van der Waals surface area contributed by atoms with Gasteiger partial charge in [0.2, 0.25) is 5.91 Å². The van der Waals surface area contributed by atoms with Crippen LogP contribution in [0, 0.1) is 10.8 Å². The number of para-hydroxylation sites is 1. The summed E-state index contributed by atoms with van der Waals surface area (Å²) in [6.07, 6.45) is 1.29. The van der Waals surface area contributed by atoms with E-state index in [1.165, 1.54) is 0 Å². The average Bonchev–Trinajstić information content (AvgIpc) is 3.31. The fraction of sp³-hybridized carbons (Fsp3) is 0.600. The monoisotopic (exact) mass is 378 g/mol. The van der Waals surface area contributed by atoms with Gasteiger partial charge in [0, 0.05) is 38.5 Å². The minimum Gasteiger partial charge on any atom is -0.484 e. The summed E-state index contributed by atoms with van der Waals surface area (Å²) in [5.74, 6) is -2.83. The van der Waals surface area contributed by atoms with E-state index in [9.17, 15) is 18.4 Å². The van der Waals surface area contributed by atoms with Crippen molar-refractivity contribution in [3.05, 3.63) is 30.3 Å². The highest BCUT2D eigenvalue weighted by molar-refractivity contribution is 5.87. The smallest absolute Gasteiger partial charge is 0.260 e. The predicted molar refractivity (Wildman–Crippen MR) is 94.4 cm³/mol. The molecule has 0 N–H and O–H groups in total. The third-order valence-electron chi connectivity index (χ3n) is 6.24. The standard InChI is InChI=1S/C20H24F2N2O3/c1-18(21,22)20(7-8-20)17(26)23-10-9-19(12-23)13-24(14-19)16(25)11-27-15-5-3-2-4-6-15/h2-6H,7-14H2,1H3. The molecule has 0 atom stereocenters. The molecule has 7 heteroatoms. The van der Waals surface area contributed by atoms with Gasteiger partial charge in [-0.3, -0.25) is 9.59 Å². The number of nitrogens with zero attached hydrogens (tertiary/aromatic N) is 2. The summed E-state index contributed by atoms with van der Waals surface area (Å²) in [6.45, 7) is 2.91. The minimum absolute atomic E-state index is 0.0199. The van der Waals surface area contributed by atoms with Crippen molar-refractivity contribution in [2.75, 3.05) is 32.8 Å². The molecule has 3 aliphatic rings. The van der Waals surface area contributed by atoms with Crippen LogP contribution in [0.15, 0.2) is 30.3 Å². The van der Waals surface area contributed by atoms with Crippen molar-refractivity contribution < 1.29 is 23.1 Å². The molecule has 2 saturated heterocycles. The lowest BCUT2D eigenvalue weighted by molar-refractivity contribution is -0.153. The zero-order valence-corrected chi connectivity index (χ0v) is 15.4. The number of hydrogen-bond acceptors (Lipinski definition) is 3. The maximum Gasteiger partial charge on any atom is 0.260 e. The van der Waals surface area contributed by atoms with Gasteiger partial charge in [-0.25, -0.2) is 8.78 Å². The Balaban J connectivity index is 1.28. The van der Waals surface area contributed by atoms with Crippen LogP contribution in [0.2, 0.25) is 0 Å². The molecule has 1 spiro atoms. The summed E-state index contributed by atoms with van der Waals surface area (Å²) in [4.78, 5) is 28.2. The third-order valence-corrected chi connectivity index (χ3v) is 6.24. The Bertz CT molecular complexity index is 737. The number of hydrogen-bond donors (Lipinski definition) is 0. The first-order chi connectivity index (χ1) is 12.7. The van der Waals surface area contributed by atoms with Crippen molar-refractivity contribution in [2.45, 2.75) is 32.1 Å². The van der Waals surface area contributed by atoms with E-state index in [1.807, 2.05) is 18.2 Å². The van der Waals surface area contributed by atoms with Gasteiger partial charge in [-0.15, -0.1) is 0 Å². The number of rotatable bonds is 5. The van der Waals surface area contributed by atoms with Gasteiger partial charge in [0.25, 0.3) is 11.8 Å². The number of carbonyl (C=O) groups excluding carboxylic acids is 2. The predicted octanol–water partition coefficient (Wildman–Crippen LogP) is 2.56. The van der Waals surface area contributed by atoms with E-state index < -0.39 is 17.2 Å². The highest BCUT2D eigenvalue weighted by Gasteiger charge is 2.66. The van der Waals surface area contributed by atoms with Crippen molar-refractivity contribution in [1.82, 2.24) is 9.80 Å². The topological polar surface area (TPSA) is 49.9 Å². The molecule has 0 radical (unpaired) electrons. The average molecular weight is 378 g/mol. The van der Waals surface area contributed by atoms with Gasteiger partial charge >= 0.3 is 0 Å². The Morgan fingerprint density at radius 1 is 1.07 bits per heavy atom. The van der Waals surface area contributed by atoms with Gasteiger partial charge in [0.1, 0.15) is 11.2 Å². The number of halogens is 2. The summed E-state index contributed by atoms with van der Waals surface area (Å²) >= 11 is 0. The first-order valence-electron chi connectivity index (χ1n) is 9.38.